The zero-order chi connectivity index (χ0) is 17.7. The lowest BCUT2D eigenvalue weighted by Crippen LogP contribution is -2.32. The van der Waals surface area contributed by atoms with E-state index in [0.29, 0.717) is 24.2 Å². The van der Waals surface area contributed by atoms with Crippen LogP contribution in [0.2, 0.25) is 0 Å². The summed E-state index contributed by atoms with van der Waals surface area (Å²) in [5, 5.41) is 2.44. The first kappa shape index (κ1) is 15.0. The number of benzene rings is 2. The van der Waals surface area contributed by atoms with Crippen molar-refractivity contribution in [3.8, 4) is 5.75 Å². The summed E-state index contributed by atoms with van der Waals surface area (Å²) in [5.41, 5.74) is 3.24. The number of hydrogen-bond acceptors (Lipinski definition) is 5. The smallest absolute Gasteiger partial charge is 0.344 e. The Balaban J connectivity index is 1.73. The van der Waals surface area contributed by atoms with E-state index in [1.54, 1.807) is 12.3 Å². The number of fused-ring (bicyclic) bond motifs is 4. The molecule has 0 atom stereocenters. The predicted octanol–water partition coefficient (Wildman–Crippen LogP) is 4.01. The highest BCUT2D eigenvalue weighted by Crippen LogP contribution is 2.37. The van der Waals surface area contributed by atoms with Gasteiger partial charge in [0, 0.05) is 29.3 Å². The Morgan fingerprint density at radius 3 is 2.73 bits per heavy atom. The normalized spacial score (nSPS) is 13.7. The van der Waals surface area contributed by atoms with Gasteiger partial charge in [-0.05, 0) is 36.6 Å². The van der Waals surface area contributed by atoms with E-state index in [4.69, 9.17) is 9.15 Å². The summed E-state index contributed by atoms with van der Waals surface area (Å²) >= 11 is 0. The first-order valence-corrected chi connectivity index (χ1v) is 8.48. The fourth-order valence-corrected chi connectivity index (χ4v) is 3.65. The van der Waals surface area contributed by atoms with Crippen molar-refractivity contribution in [1.29, 1.82) is 0 Å². The number of aromatic nitrogens is 1. The summed E-state index contributed by atoms with van der Waals surface area (Å²) in [6.45, 7) is 3.09. The van der Waals surface area contributed by atoms with Crippen molar-refractivity contribution in [2.45, 2.75) is 13.5 Å². The molecule has 0 fully saturated rings. The van der Waals surface area contributed by atoms with E-state index in [1.165, 1.54) is 0 Å². The molecular weight excluding hydrogens is 328 g/mol. The lowest BCUT2D eigenvalue weighted by Gasteiger charge is -2.31. The van der Waals surface area contributed by atoms with E-state index >= 15 is 0 Å². The van der Waals surface area contributed by atoms with E-state index < -0.39 is 0 Å². The Morgan fingerprint density at radius 1 is 1.08 bits per heavy atom. The largest absolute Gasteiger partial charge is 0.472 e. The summed E-state index contributed by atoms with van der Waals surface area (Å²) in [6, 6.07) is 13.6. The van der Waals surface area contributed by atoms with Gasteiger partial charge in [0.2, 0.25) is 0 Å². The van der Waals surface area contributed by atoms with Crippen molar-refractivity contribution in [1.82, 2.24) is 4.98 Å². The Labute approximate surface area is 149 Å². The number of ether oxygens (including phenoxy) is 1. The summed E-state index contributed by atoms with van der Waals surface area (Å²) in [4.78, 5) is 18.6. The van der Waals surface area contributed by atoms with Crippen molar-refractivity contribution in [2.75, 3.05) is 11.6 Å². The summed E-state index contributed by atoms with van der Waals surface area (Å²) in [5.74, 6) is 0.802. The molecule has 2 aromatic heterocycles. The minimum Gasteiger partial charge on any atom is -0.472 e. The lowest BCUT2D eigenvalue weighted by molar-refractivity contribution is 0.287. The Bertz CT molecular complexity index is 1200. The van der Waals surface area contributed by atoms with E-state index in [2.05, 4.69) is 16.0 Å². The van der Waals surface area contributed by atoms with E-state index in [1.807, 2.05) is 43.5 Å². The third-order valence-electron chi connectivity index (χ3n) is 4.90. The molecule has 0 spiro atoms. The molecule has 5 nitrogen and oxygen atoms in total. The fraction of sp³-hybridized carbons (Fsp3) is 0.143. The van der Waals surface area contributed by atoms with Gasteiger partial charge < -0.3 is 14.1 Å². The second-order valence-electron chi connectivity index (χ2n) is 6.48. The lowest BCUT2D eigenvalue weighted by atomic mass is 10.00. The van der Waals surface area contributed by atoms with Crippen molar-refractivity contribution >= 4 is 27.4 Å². The second-order valence-corrected chi connectivity index (χ2v) is 6.48. The molecule has 3 heterocycles. The van der Waals surface area contributed by atoms with Crippen LogP contribution in [0.3, 0.4) is 0 Å². The van der Waals surface area contributed by atoms with Gasteiger partial charge >= 0.3 is 5.63 Å². The highest BCUT2D eigenvalue weighted by Gasteiger charge is 2.23. The minimum absolute atomic E-state index is 0.316. The van der Waals surface area contributed by atoms with Crippen molar-refractivity contribution in [2.24, 2.45) is 0 Å². The standard InChI is InChI=1S/C21H16N2O3/c1-13-19-14(11-23(12-25-19)15-5-4-8-22-10-15)9-18-16-6-2-3-7-17(16)21(24)26-20(13)18/h2-10H,11-12H2,1H3. The molecule has 0 saturated heterocycles. The Morgan fingerprint density at radius 2 is 1.92 bits per heavy atom. The minimum atomic E-state index is -0.316. The van der Waals surface area contributed by atoms with Crippen molar-refractivity contribution in [3.63, 3.8) is 0 Å². The van der Waals surface area contributed by atoms with Gasteiger partial charge in [0.25, 0.3) is 0 Å². The highest BCUT2D eigenvalue weighted by molar-refractivity contribution is 6.06. The zero-order valence-electron chi connectivity index (χ0n) is 14.2. The van der Waals surface area contributed by atoms with Gasteiger partial charge in [0.05, 0.1) is 17.3 Å². The first-order chi connectivity index (χ1) is 12.7. The molecule has 26 heavy (non-hydrogen) atoms. The monoisotopic (exact) mass is 344 g/mol. The third-order valence-corrected chi connectivity index (χ3v) is 4.90. The number of nitrogens with zero attached hydrogens (tertiary/aromatic N) is 2. The van der Waals surface area contributed by atoms with Crippen molar-refractivity contribution in [3.05, 3.63) is 76.4 Å². The maximum Gasteiger partial charge on any atom is 0.344 e. The molecule has 5 heteroatoms. The average Bonchev–Trinajstić information content (AvgIpc) is 2.70. The van der Waals surface area contributed by atoms with Crippen LogP contribution in [0.5, 0.6) is 5.75 Å². The molecule has 0 radical (unpaired) electrons. The average molecular weight is 344 g/mol. The van der Waals surface area contributed by atoms with Crippen LogP contribution in [0.15, 0.2) is 64.1 Å². The molecule has 2 aromatic carbocycles. The molecule has 5 rings (SSSR count). The van der Waals surface area contributed by atoms with Crippen LogP contribution in [0, 0.1) is 6.92 Å². The molecular formula is C21H16N2O3. The molecule has 0 unspecified atom stereocenters. The maximum atomic E-state index is 12.3. The van der Waals surface area contributed by atoms with Gasteiger partial charge in [-0.2, -0.15) is 0 Å². The summed E-state index contributed by atoms with van der Waals surface area (Å²) < 4.78 is 11.6. The van der Waals surface area contributed by atoms with Crippen LogP contribution in [0.25, 0.3) is 21.7 Å². The second kappa shape index (κ2) is 5.59. The van der Waals surface area contributed by atoms with Gasteiger partial charge in [-0.3, -0.25) is 4.98 Å². The molecule has 1 aliphatic heterocycles. The molecule has 0 N–H and O–H groups in total. The Hall–Kier alpha value is -3.34. The number of aryl methyl sites for hydroxylation is 1. The molecule has 1 aliphatic rings. The van der Waals surface area contributed by atoms with Gasteiger partial charge in [-0.1, -0.05) is 18.2 Å². The van der Waals surface area contributed by atoms with Gasteiger partial charge in [0.15, 0.2) is 6.73 Å². The molecule has 0 bridgehead atoms. The predicted molar refractivity (Wildman–Crippen MR) is 101 cm³/mol. The van der Waals surface area contributed by atoms with Crippen LogP contribution >= 0.6 is 0 Å². The van der Waals surface area contributed by atoms with Crippen molar-refractivity contribution < 1.29 is 9.15 Å². The highest BCUT2D eigenvalue weighted by atomic mass is 16.5. The molecule has 0 aliphatic carbocycles. The molecule has 0 saturated carbocycles. The van der Waals surface area contributed by atoms with Crippen LogP contribution < -0.4 is 15.3 Å². The van der Waals surface area contributed by atoms with Gasteiger partial charge in [0.1, 0.15) is 11.3 Å². The first-order valence-electron chi connectivity index (χ1n) is 8.48. The maximum absolute atomic E-state index is 12.3. The Kier molecular flexibility index (Phi) is 3.22. The van der Waals surface area contributed by atoms with E-state index in [-0.39, 0.29) is 5.63 Å². The van der Waals surface area contributed by atoms with E-state index in [9.17, 15) is 4.79 Å². The molecule has 4 aromatic rings. The van der Waals surface area contributed by atoms with Crippen LogP contribution in [-0.4, -0.2) is 11.7 Å². The van der Waals surface area contributed by atoms with Crippen LogP contribution in [-0.2, 0) is 6.54 Å². The number of pyridine rings is 1. The number of rotatable bonds is 1. The summed E-state index contributed by atoms with van der Waals surface area (Å²) in [7, 11) is 0. The summed E-state index contributed by atoms with van der Waals surface area (Å²) in [6.07, 6.45) is 3.59. The molecule has 128 valence electrons. The zero-order valence-corrected chi connectivity index (χ0v) is 14.2. The van der Waals surface area contributed by atoms with Gasteiger partial charge in [-0.25, -0.2) is 4.79 Å². The number of anilines is 1. The van der Waals surface area contributed by atoms with E-state index in [0.717, 1.165) is 33.3 Å². The third kappa shape index (κ3) is 2.17. The fourth-order valence-electron chi connectivity index (χ4n) is 3.65. The van der Waals surface area contributed by atoms with Crippen LogP contribution in [0.4, 0.5) is 5.69 Å². The van der Waals surface area contributed by atoms with Gasteiger partial charge in [-0.15, -0.1) is 0 Å². The van der Waals surface area contributed by atoms with Crippen LogP contribution in [0.1, 0.15) is 11.1 Å². The SMILES string of the molecule is Cc1c2c(cc3c1oc(=O)c1ccccc13)CN(c1cccnc1)CO2. The number of hydrogen-bond donors (Lipinski definition) is 0. The topological polar surface area (TPSA) is 55.6 Å². The quantitative estimate of drug-likeness (QED) is 0.386. The molecule has 0 amide bonds.